The first-order valence-electron chi connectivity index (χ1n) is 8.86. The van der Waals surface area contributed by atoms with Crippen LogP contribution in [-0.4, -0.2) is 27.3 Å². The molecule has 0 aliphatic rings. The lowest BCUT2D eigenvalue weighted by molar-refractivity contribution is -0.144. The van der Waals surface area contributed by atoms with Gasteiger partial charge in [-0.05, 0) is 24.6 Å². The Labute approximate surface area is 155 Å². The molecule has 0 bridgehead atoms. The summed E-state index contributed by atoms with van der Waals surface area (Å²) in [5.74, 6) is -0.472. The molecule has 2 heterocycles. The first-order chi connectivity index (χ1) is 13.2. The lowest BCUT2D eigenvalue weighted by Gasteiger charge is -2.10. The Morgan fingerprint density at radius 2 is 1.78 bits per heavy atom. The molecule has 6 heteroatoms. The van der Waals surface area contributed by atoms with Crippen LogP contribution in [0.1, 0.15) is 18.2 Å². The smallest absolute Gasteiger partial charge is 0.327 e. The monoisotopic (exact) mass is 361 g/mol. The normalized spacial score (nSPS) is 11.1. The van der Waals surface area contributed by atoms with Crippen LogP contribution in [0.4, 0.5) is 0 Å². The van der Waals surface area contributed by atoms with Crippen molar-refractivity contribution in [2.45, 2.75) is 19.9 Å². The average molecular weight is 361 g/mol. The Kier molecular flexibility index (Phi) is 4.46. The quantitative estimate of drug-likeness (QED) is 0.554. The Morgan fingerprint density at radius 3 is 2.56 bits per heavy atom. The lowest BCUT2D eigenvalue weighted by Crippen LogP contribution is -2.29. The summed E-state index contributed by atoms with van der Waals surface area (Å²) < 4.78 is 6.17. The third kappa shape index (κ3) is 3.21. The molecular weight excluding hydrogens is 342 g/mol. The van der Waals surface area contributed by atoms with Crippen molar-refractivity contribution in [3.05, 3.63) is 76.3 Å². The maximum absolute atomic E-state index is 12.7. The van der Waals surface area contributed by atoms with Gasteiger partial charge in [-0.2, -0.15) is 5.10 Å². The molecule has 136 valence electrons. The third-order valence-electron chi connectivity index (χ3n) is 4.56. The van der Waals surface area contributed by atoms with Crippen molar-refractivity contribution in [1.82, 2.24) is 14.8 Å². The van der Waals surface area contributed by atoms with E-state index in [1.54, 1.807) is 13.0 Å². The summed E-state index contributed by atoms with van der Waals surface area (Å²) in [6.45, 7) is 1.80. The second-order valence-corrected chi connectivity index (χ2v) is 6.30. The minimum Gasteiger partial charge on any atom is -0.465 e. The van der Waals surface area contributed by atoms with Crippen molar-refractivity contribution in [3.63, 3.8) is 0 Å². The van der Waals surface area contributed by atoms with Gasteiger partial charge in [-0.3, -0.25) is 9.59 Å². The van der Waals surface area contributed by atoms with E-state index in [-0.39, 0.29) is 18.7 Å². The minimum absolute atomic E-state index is 0.196. The van der Waals surface area contributed by atoms with E-state index in [0.29, 0.717) is 11.8 Å². The Morgan fingerprint density at radius 1 is 1.07 bits per heavy atom. The molecule has 0 aliphatic carbocycles. The zero-order valence-electron chi connectivity index (χ0n) is 14.9. The van der Waals surface area contributed by atoms with Gasteiger partial charge in [0, 0.05) is 28.9 Å². The van der Waals surface area contributed by atoms with Crippen molar-refractivity contribution in [2.24, 2.45) is 0 Å². The molecule has 27 heavy (non-hydrogen) atoms. The summed E-state index contributed by atoms with van der Waals surface area (Å²) in [5.41, 5.74) is 2.60. The molecule has 4 aromatic rings. The number of nitrogens with one attached hydrogen (secondary N) is 1. The second-order valence-electron chi connectivity index (χ2n) is 6.30. The highest BCUT2D eigenvalue weighted by atomic mass is 16.5. The SMILES string of the molecule is CCOC(=O)Cn1nc(Cc2c[nH]c3ccccc23)c2ccccc2c1=O. The van der Waals surface area contributed by atoms with E-state index in [4.69, 9.17) is 4.74 Å². The molecule has 0 saturated heterocycles. The molecule has 2 aromatic carbocycles. The summed E-state index contributed by atoms with van der Waals surface area (Å²) in [5, 5.41) is 6.96. The summed E-state index contributed by atoms with van der Waals surface area (Å²) in [6.07, 6.45) is 2.51. The van der Waals surface area contributed by atoms with Gasteiger partial charge in [0.05, 0.1) is 17.7 Å². The minimum atomic E-state index is -0.472. The first-order valence-corrected chi connectivity index (χ1v) is 8.86. The number of ether oxygens (including phenoxy) is 1. The Balaban J connectivity index is 1.82. The summed E-state index contributed by atoms with van der Waals surface area (Å²) in [7, 11) is 0. The molecule has 6 nitrogen and oxygen atoms in total. The van der Waals surface area contributed by atoms with Crippen LogP contribution in [0.2, 0.25) is 0 Å². The first kappa shape index (κ1) is 17.0. The van der Waals surface area contributed by atoms with E-state index in [0.717, 1.165) is 27.5 Å². The van der Waals surface area contributed by atoms with E-state index in [9.17, 15) is 9.59 Å². The second kappa shape index (κ2) is 7.07. The van der Waals surface area contributed by atoms with Gasteiger partial charge in [0.2, 0.25) is 0 Å². The van der Waals surface area contributed by atoms with Gasteiger partial charge in [0.15, 0.2) is 0 Å². The molecule has 4 rings (SSSR count). The molecule has 0 aliphatic heterocycles. The van der Waals surface area contributed by atoms with Crippen LogP contribution in [0.5, 0.6) is 0 Å². The molecule has 2 aromatic heterocycles. The zero-order valence-corrected chi connectivity index (χ0v) is 14.9. The number of hydrogen-bond donors (Lipinski definition) is 1. The van der Waals surface area contributed by atoms with Crippen molar-refractivity contribution >= 4 is 27.6 Å². The van der Waals surface area contributed by atoms with Crippen LogP contribution in [0.15, 0.2) is 59.5 Å². The molecule has 0 spiro atoms. The number of benzene rings is 2. The van der Waals surface area contributed by atoms with Gasteiger partial charge in [0.25, 0.3) is 5.56 Å². The van der Waals surface area contributed by atoms with E-state index >= 15 is 0 Å². The standard InChI is InChI=1S/C21H19N3O3/c1-2-27-20(25)13-24-21(26)17-9-4-3-8-16(17)19(23-24)11-14-12-22-18-10-6-5-7-15(14)18/h3-10,12,22H,2,11,13H2,1H3. The number of para-hydroxylation sites is 1. The summed E-state index contributed by atoms with van der Waals surface area (Å²) >= 11 is 0. The molecule has 0 fully saturated rings. The lowest BCUT2D eigenvalue weighted by atomic mass is 10.0. The predicted octanol–water partition coefficient (Wildman–Crippen LogP) is 3.03. The number of carbonyl (C=O) groups is 1. The number of hydrogen-bond acceptors (Lipinski definition) is 4. The van der Waals surface area contributed by atoms with Crippen LogP contribution in [0.25, 0.3) is 21.7 Å². The summed E-state index contributed by atoms with van der Waals surface area (Å²) in [6, 6.07) is 15.4. The van der Waals surface area contributed by atoms with E-state index in [1.165, 1.54) is 4.68 Å². The highest BCUT2D eigenvalue weighted by Gasteiger charge is 2.15. The van der Waals surface area contributed by atoms with Crippen molar-refractivity contribution < 1.29 is 9.53 Å². The van der Waals surface area contributed by atoms with Crippen molar-refractivity contribution in [3.8, 4) is 0 Å². The molecule has 0 unspecified atom stereocenters. The molecular formula is C21H19N3O3. The van der Waals surface area contributed by atoms with Gasteiger partial charge in [0.1, 0.15) is 6.54 Å². The van der Waals surface area contributed by atoms with Gasteiger partial charge in [-0.1, -0.05) is 36.4 Å². The van der Waals surface area contributed by atoms with Crippen LogP contribution in [0.3, 0.4) is 0 Å². The average Bonchev–Trinajstić information content (AvgIpc) is 3.09. The van der Waals surface area contributed by atoms with Crippen molar-refractivity contribution in [1.29, 1.82) is 0 Å². The molecule has 0 atom stereocenters. The summed E-state index contributed by atoms with van der Waals surface area (Å²) in [4.78, 5) is 27.9. The van der Waals surface area contributed by atoms with Gasteiger partial charge in [-0.15, -0.1) is 0 Å². The number of fused-ring (bicyclic) bond motifs is 2. The topological polar surface area (TPSA) is 77.0 Å². The number of aromatic amines is 1. The highest BCUT2D eigenvalue weighted by Crippen LogP contribution is 2.23. The maximum atomic E-state index is 12.7. The molecule has 0 radical (unpaired) electrons. The van der Waals surface area contributed by atoms with E-state index < -0.39 is 5.97 Å². The zero-order chi connectivity index (χ0) is 18.8. The highest BCUT2D eigenvalue weighted by molar-refractivity contribution is 5.86. The molecule has 0 amide bonds. The third-order valence-corrected chi connectivity index (χ3v) is 4.56. The van der Waals surface area contributed by atoms with Gasteiger partial charge < -0.3 is 9.72 Å². The van der Waals surface area contributed by atoms with Gasteiger partial charge >= 0.3 is 5.97 Å². The molecule has 1 N–H and O–H groups in total. The van der Waals surface area contributed by atoms with Crippen LogP contribution >= 0.6 is 0 Å². The Bertz CT molecular complexity index is 1190. The van der Waals surface area contributed by atoms with Gasteiger partial charge in [-0.25, -0.2) is 4.68 Å². The maximum Gasteiger partial charge on any atom is 0.327 e. The number of nitrogens with zero attached hydrogens (tertiary/aromatic N) is 2. The fourth-order valence-electron chi connectivity index (χ4n) is 3.33. The number of H-pyrrole nitrogens is 1. The number of carbonyl (C=O) groups excluding carboxylic acids is 1. The fraction of sp³-hybridized carbons (Fsp3) is 0.190. The molecule has 0 saturated carbocycles. The van der Waals surface area contributed by atoms with Crippen molar-refractivity contribution in [2.75, 3.05) is 6.61 Å². The largest absolute Gasteiger partial charge is 0.465 e. The number of aromatic nitrogens is 3. The van der Waals surface area contributed by atoms with E-state index in [2.05, 4.69) is 16.1 Å². The van der Waals surface area contributed by atoms with E-state index in [1.807, 2.05) is 42.6 Å². The van der Waals surface area contributed by atoms with Crippen LogP contribution < -0.4 is 5.56 Å². The predicted molar refractivity (Wildman–Crippen MR) is 104 cm³/mol. The van der Waals surface area contributed by atoms with Crippen LogP contribution in [0, 0.1) is 0 Å². The number of esters is 1. The number of rotatable bonds is 5. The van der Waals surface area contributed by atoms with Crippen LogP contribution in [-0.2, 0) is 22.5 Å². The fourth-order valence-corrected chi connectivity index (χ4v) is 3.33. The Hall–Kier alpha value is -3.41.